The molecule has 2 aromatic heterocycles. The molecular weight excluding hydrogens is 336 g/mol. The second kappa shape index (κ2) is 6.50. The first-order valence-electron chi connectivity index (χ1n) is 9.74. The van der Waals surface area contributed by atoms with Crippen molar-refractivity contribution in [1.29, 1.82) is 0 Å². The molecule has 2 saturated heterocycles. The van der Waals surface area contributed by atoms with Crippen molar-refractivity contribution in [2.24, 2.45) is 5.73 Å². The van der Waals surface area contributed by atoms with Crippen molar-refractivity contribution in [2.45, 2.75) is 50.4 Å². The summed E-state index contributed by atoms with van der Waals surface area (Å²) in [5.41, 5.74) is 8.49. The number of piperidine rings is 1. The van der Waals surface area contributed by atoms with Crippen molar-refractivity contribution in [3.05, 3.63) is 66.1 Å². The summed E-state index contributed by atoms with van der Waals surface area (Å²) in [6.45, 7) is 0.994. The van der Waals surface area contributed by atoms with Gasteiger partial charge in [0.15, 0.2) is 0 Å². The van der Waals surface area contributed by atoms with Gasteiger partial charge in [0.2, 0.25) is 5.91 Å². The number of carbonyl (C=O) groups is 1. The Kier molecular flexibility index (Phi) is 3.97. The molecule has 0 radical (unpaired) electrons. The Labute approximate surface area is 158 Å². The Morgan fingerprint density at radius 2 is 1.93 bits per heavy atom. The van der Waals surface area contributed by atoms with Crippen LogP contribution in [-0.4, -0.2) is 32.4 Å². The van der Waals surface area contributed by atoms with Gasteiger partial charge >= 0.3 is 0 Å². The number of hydrogen-bond donors (Lipinski definition) is 1. The van der Waals surface area contributed by atoms with Gasteiger partial charge in [-0.15, -0.1) is 0 Å². The van der Waals surface area contributed by atoms with Crippen molar-refractivity contribution in [2.75, 3.05) is 0 Å². The molecule has 2 unspecified atom stereocenters. The minimum atomic E-state index is -0.365. The molecule has 5 rings (SSSR count). The molecule has 1 aromatic carbocycles. The van der Waals surface area contributed by atoms with E-state index in [-0.39, 0.29) is 5.91 Å². The van der Waals surface area contributed by atoms with Crippen LogP contribution in [0, 0.1) is 0 Å². The summed E-state index contributed by atoms with van der Waals surface area (Å²) >= 11 is 0. The fourth-order valence-electron chi connectivity index (χ4n) is 5.05. The molecule has 138 valence electrons. The SMILES string of the molecule is NC(=O)c1ccc2ccn(C3CC4CCC(C3)N4Cc3cccnc3)c2c1. The normalized spacial score (nSPS) is 25.1. The average Bonchev–Trinajstić information content (AvgIpc) is 3.19. The van der Waals surface area contributed by atoms with E-state index < -0.39 is 0 Å². The molecule has 2 N–H and O–H groups in total. The molecule has 2 bridgehead atoms. The van der Waals surface area contributed by atoms with E-state index >= 15 is 0 Å². The number of aromatic nitrogens is 2. The monoisotopic (exact) mass is 360 g/mol. The highest BCUT2D eigenvalue weighted by atomic mass is 16.1. The summed E-state index contributed by atoms with van der Waals surface area (Å²) in [5.74, 6) is -0.365. The van der Waals surface area contributed by atoms with Gasteiger partial charge in [-0.3, -0.25) is 14.7 Å². The van der Waals surface area contributed by atoms with Crippen LogP contribution in [0.3, 0.4) is 0 Å². The highest BCUT2D eigenvalue weighted by molar-refractivity contribution is 5.97. The molecule has 4 heterocycles. The van der Waals surface area contributed by atoms with Crippen LogP contribution in [0.25, 0.3) is 10.9 Å². The number of rotatable bonds is 4. The Balaban J connectivity index is 1.40. The van der Waals surface area contributed by atoms with Crippen molar-refractivity contribution in [1.82, 2.24) is 14.5 Å². The fourth-order valence-corrected chi connectivity index (χ4v) is 5.05. The molecule has 2 aliphatic heterocycles. The van der Waals surface area contributed by atoms with Crippen molar-refractivity contribution in [3.63, 3.8) is 0 Å². The first-order chi connectivity index (χ1) is 13.2. The van der Waals surface area contributed by atoms with Gasteiger partial charge in [-0.25, -0.2) is 0 Å². The Morgan fingerprint density at radius 3 is 2.63 bits per heavy atom. The predicted molar refractivity (Wildman–Crippen MR) is 105 cm³/mol. The Bertz CT molecular complexity index is 966. The lowest BCUT2D eigenvalue weighted by Crippen LogP contribution is -2.42. The van der Waals surface area contributed by atoms with Gasteiger partial charge in [0.25, 0.3) is 0 Å². The zero-order chi connectivity index (χ0) is 18.4. The number of carbonyl (C=O) groups excluding carboxylic acids is 1. The molecule has 5 heteroatoms. The first kappa shape index (κ1) is 16.5. The van der Waals surface area contributed by atoms with Crippen LogP contribution in [0.1, 0.15) is 47.6 Å². The van der Waals surface area contributed by atoms with Crippen LogP contribution in [0.5, 0.6) is 0 Å². The second-order valence-electron chi connectivity index (χ2n) is 7.90. The average molecular weight is 360 g/mol. The van der Waals surface area contributed by atoms with Gasteiger partial charge in [0.05, 0.1) is 0 Å². The second-order valence-corrected chi connectivity index (χ2v) is 7.90. The summed E-state index contributed by atoms with van der Waals surface area (Å²) in [4.78, 5) is 18.5. The van der Waals surface area contributed by atoms with Crippen LogP contribution in [0.2, 0.25) is 0 Å². The number of fused-ring (bicyclic) bond motifs is 3. The zero-order valence-electron chi connectivity index (χ0n) is 15.3. The lowest BCUT2D eigenvalue weighted by molar-refractivity contribution is 0.0996. The third-order valence-corrected chi connectivity index (χ3v) is 6.35. The molecule has 2 atom stereocenters. The topological polar surface area (TPSA) is 64.2 Å². The predicted octanol–water partition coefficient (Wildman–Crippen LogP) is 3.50. The van der Waals surface area contributed by atoms with Crippen LogP contribution >= 0.6 is 0 Å². The lowest BCUT2D eigenvalue weighted by atomic mass is 9.96. The maximum Gasteiger partial charge on any atom is 0.248 e. The smallest absolute Gasteiger partial charge is 0.248 e. The Morgan fingerprint density at radius 1 is 1.11 bits per heavy atom. The third kappa shape index (κ3) is 2.92. The molecule has 0 spiro atoms. The van der Waals surface area contributed by atoms with Crippen LogP contribution < -0.4 is 5.73 Å². The number of nitrogens with zero attached hydrogens (tertiary/aromatic N) is 3. The van der Waals surface area contributed by atoms with E-state index in [4.69, 9.17) is 5.73 Å². The number of hydrogen-bond acceptors (Lipinski definition) is 3. The minimum Gasteiger partial charge on any atom is -0.366 e. The van der Waals surface area contributed by atoms with E-state index in [9.17, 15) is 4.79 Å². The van der Waals surface area contributed by atoms with E-state index in [2.05, 4.69) is 32.8 Å². The van der Waals surface area contributed by atoms with Gasteiger partial charge in [0.1, 0.15) is 0 Å². The van der Waals surface area contributed by atoms with Gasteiger partial charge in [-0.2, -0.15) is 0 Å². The van der Waals surface area contributed by atoms with E-state index in [1.54, 1.807) is 0 Å². The van der Waals surface area contributed by atoms with E-state index in [1.165, 1.54) is 23.8 Å². The summed E-state index contributed by atoms with van der Waals surface area (Å²) in [6.07, 6.45) is 10.8. The highest BCUT2D eigenvalue weighted by Gasteiger charge is 2.41. The summed E-state index contributed by atoms with van der Waals surface area (Å²) in [5, 5.41) is 1.17. The van der Waals surface area contributed by atoms with Gasteiger partial charge in [-0.05, 0) is 60.9 Å². The number of amides is 1. The molecule has 3 aromatic rings. The summed E-state index contributed by atoms with van der Waals surface area (Å²) in [7, 11) is 0. The van der Waals surface area contributed by atoms with Crippen molar-refractivity contribution >= 4 is 16.8 Å². The molecule has 2 aliphatic rings. The van der Waals surface area contributed by atoms with E-state index in [1.807, 2.05) is 36.7 Å². The van der Waals surface area contributed by atoms with Crippen molar-refractivity contribution in [3.8, 4) is 0 Å². The van der Waals surface area contributed by atoms with Gasteiger partial charge in [-0.1, -0.05) is 12.1 Å². The molecule has 1 amide bonds. The van der Waals surface area contributed by atoms with Crippen molar-refractivity contribution < 1.29 is 4.79 Å². The third-order valence-electron chi connectivity index (χ3n) is 6.35. The Hall–Kier alpha value is -2.66. The van der Waals surface area contributed by atoms with Gasteiger partial charge < -0.3 is 10.3 Å². The summed E-state index contributed by atoms with van der Waals surface area (Å²) in [6, 6.07) is 13.8. The van der Waals surface area contributed by atoms with E-state index in [0.29, 0.717) is 23.7 Å². The lowest BCUT2D eigenvalue weighted by Gasteiger charge is -2.39. The molecular formula is C22H24N4O. The maximum atomic E-state index is 11.6. The zero-order valence-corrected chi connectivity index (χ0v) is 15.3. The van der Waals surface area contributed by atoms with Crippen LogP contribution in [0.15, 0.2) is 55.0 Å². The highest BCUT2D eigenvalue weighted by Crippen LogP contribution is 2.42. The number of benzene rings is 1. The molecule has 5 nitrogen and oxygen atoms in total. The number of primary amides is 1. The molecule has 0 aliphatic carbocycles. The van der Waals surface area contributed by atoms with Crippen LogP contribution in [-0.2, 0) is 6.54 Å². The quantitative estimate of drug-likeness (QED) is 0.774. The van der Waals surface area contributed by atoms with E-state index in [0.717, 1.165) is 24.9 Å². The standard InChI is InChI=1S/C22H24N4O/c23-22(27)17-4-3-16-7-9-25(21(16)10-17)20-11-18-5-6-19(12-20)26(18)14-15-2-1-8-24-13-15/h1-4,7-10,13,18-20H,5-6,11-12,14H2,(H2,23,27). The van der Waals surface area contributed by atoms with Gasteiger partial charge in [0, 0.05) is 54.3 Å². The molecule has 2 fully saturated rings. The van der Waals surface area contributed by atoms with Crippen LogP contribution in [0.4, 0.5) is 0 Å². The number of pyridine rings is 1. The maximum absolute atomic E-state index is 11.6. The summed E-state index contributed by atoms with van der Waals surface area (Å²) < 4.78 is 2.37. The molecule has 27 heavy (non-hydrogen) atoms. The largest absolute Gasteiger partial charge is 0.366 e. The minimum absolute atomic E-state index is 0.365. The fraction of sp³-hybridized carbons (Fsp3) is 0.364. The molecule has 0 saturated carbocycles. The first-order valence-corrected chi connectivity index (χ1v) is 9.74. The number of nitrogens with two attached hydrogens (primary N) is 1.